The lowest BCUT2D eigenvalue weighted by atomic mass is 10.2. The third-order valence-corrected chi connectivity index (χ3v) is 3.16. The van der Waals surface area contributed by atoms with Crippen LogP contribution in [0.2, 0.25) is 5.02 Å². The Labute approximate surface area is 125 Å². The van der Waals surface area contributed by atoms with E-state index in [1.54, 1.807) is 12.1 Å². The Morgan fingerprint density at radius 1 is 1.00 bits per heavy atom. The smallest absolute Gasteiger partial charge is 0.175 e. The second-order valence-electron chi connectivity index (χ2n) is 4.20. The normalized spacial score (nSPS) is 10.2. The summed E-state index contributed by atoms with van der Waals surface area (Å²) in [5.74, 6) is -1.35. The Morgan fingerprint density at radius 2 is 1.60 bits per heavy atom. The molecular formula is C14H11ClF2N2S. The third-order valence-electron chi connectivity index (χ3n) is 2.55. The van der Waals surface area contributed by atoms with Crippen LogP contribution in [0.4, 0.5) is 20.2 Å². The molecular weight excluding hydrogens is 302 g/mol. The lowest BCUT2D eigenvalue weighted by molar-refractivity contribution is 0.584. The molecule has 0 aliphatic carbocycles. The van der Waals surface area contributed by atoms with E-state index in [1.807, 2.05) is 13.0 Å². The zero-order valence-electron chi connectivity index (χ0n) is 10.5. The van der Waals surface area contributed by atoms with E-state index in [2.05, 4.69) is 10.6 Å². The molecule has 2 N–H and O–H groups in total. The van der Waals surface area contributed by atoms with Gasteiger partial charge in [-0.3, -0.25) is 0 Å². The molecule has 104 valence electrons. The number of anilines is 2. The van der Waals surface area contributed by atoms with Crippen molar-refractivity contribution in [3.63, 3.8) is 0 Å². The number of benzene rings is 2. The predicted molar refractivity (Wildman–Crippen MR) is 82.4 cm³/mol. The van der Waals surface area contributed by atoms with Gasteiger partial charge in [0.1, 0.15) is 11.6 Å². The Balaban J connectivity index is 2.06. The first-order valence-electron chi connectivity index (χ1n) is 5.74. The fourth-order valence-corrected chi connectivity index (χ4v) is 2.01. The number of thiocarbonyl (C=S) groups is 1. The molecule has 0 saturated carbocycles. The minimum absolute atomic E-state index is 0.218. The first-order valence-corrected chi connectivity index (χ1v) is 6.53. The molecule has 0 saturated heterocycles. The van der Waals surface area contributed by atoms with Crippen LogP contribution in [0.1, 0.15) is 5.56 Å². The lowest BCUT2D eigenvalue weighted by Gasteiger charge is -2.11. The van der Waals surface area contributed by atoms with E-state index in [4.69, 9.17) is 23.8 Å². The van der Waals surface area contributed by atoms with Crippen molar-refractivity contribution in [3.8, 4) is 0 Å². The zero-order valence-corrected chi connectivity index (χ0v) is 12.1. The summed E-state index contributed by atoms with van der Waals surface area (Å²) in [6.45, 7) is 1.89. The van der Waals surface area contributed by atoms with E-state index in [-0.39, 0.29) is 10.8 Å². The van der Waals surface area contributed by atoms with E-state index in [0.717, 1.165) is 23.8 Å². The summed E-state index contributed by atoms with van der Waals surface area (Å²) in [5, 5.41) is 6.42. The molecule has 0 spiro atoms. The van der Waals surface area contributed by atoms with Crippen LogP contribution in [0.15, 0.2) is 36.4 Å². The first kappa shape index (κ1) is 14.7. The third kappa shape index (κ3) is 3.88. The maximum Gasteiger partial charge on any atom is 0.175 e. The topological polar surface area (TPSA) is 24.1 Å². The Hall–Kier alpha value is -1.72. The molecule has 0 aromatic heterocycles. The molecule has 0 heterocycles. The summed E-state index contributed by atoms with van der Waals surface area (Å²) in [5.41, 5.74) is 1.87. The van der Waals surface area contributed by atoms with E-state index in [0.29, 0.717) is 10.7 Å². The molecule has 0 fully saturated rings. The van der Waals surface area contributed by atoms with Crippen LogP contribution in [0.25, 0.3) is 0 Å². The number of nitrogens with one attached hydrogen (secondary N) is 2. The van der Waals surface area contributed by atoms with Gasteiger partial charge in [0, 0.05) is 22.5 Å². The highest BCUT2D eigenvalue weighted by molar-refractivity contribution is 7.80. The van der Waals surface area contributed by atoms with Crippen LogP contribution in [0, 0.1) is 18.6 Å². The molecule has 2 rings (SSSR count). The highest BCUT2D eigenvalue weighted by atomic mass is 35.5. The summed E-state index contributed by atoms with van der Waals surface area (Å²) >= 11 is 11.1. The van der Waals surface area contributed by atoms with Gasteiger partial charge in [-0.2, -0.15) is 0 Å². The van der Waals surface area contributed by atoms with E-state index in [1.165, 1.54) is 0 Å². The summed E-state index contributed by atoms with van der Waals surface area (Å²) in [4.78, 5) is 0. The first-order chi connectivity index (χ1) is 9.44. The lowest BCUT2D eigenvalue weighted by Crippen LogP contribution is -2.19. The molecule has 0 unspecified atom stereocenters. The van der Waals surface area contributed by atoms with Gasteiger partial charge in [-0.15, -0.1) is 0 Å². The summed E-state index contributed by atoms with van der Waals surface area (Å²) in [6, 6.07) is 8.47. The van der Waals surface area contributed by atoms with E-state index < -0.39 is 11.6 Å². The molecule has 2 nitrogen and oxygen atoms in total. The summed E-state index contributed by atoms with van der Waals surface area (Å²) in [6.07, 6.45) is 0. The van der Waals surface area contributed by atoms with Crippen LogP contribution < -0.4 is 10.6 Å². The number of hydrogen-bond donors (Lipinski definition) is 2. The van der Waals surface area contributed by atoms with Crippen LogP contribution in [-0.4, -0.2) is 5.11 Å². The van der Waals surface area contributed by atoms with Crippen molar-refractivity contribution in [1.82, 2.24) is 0 Å². The Kier molecular flexibility index (Phi) is 4.52. The number of rotatable bonds is 2. The van der Waals surface area contributed by atoms with Crippen LogP contribution in [-0.2, 0) is 0 Å². The van der Waals surface area contributed by atoms with Gasteiger partial charge in [0.25, 0.3) is 0 Å². The van der Waals surface area contributed by atoms with Crippen molar-refractivity contribution >= 4 is 40.3 Å². The van der Waals surface area contributed by atoms with Gasteiger partial charge in [0.15, 0.2) is 5.11 Å². The number of aryl methyl sites for hydroxylation is 1. The van der Waals surface area contributed by atoms with Gasteiger partial charge in [-0.25, -0.2) is 8.78 Å². The van der Waals surface area contributed by atoms with Crippen molar-refractivity contribution in [2.45, 2.75) is 6.92 Å². The molecule has 6 heteroatoms. The van der Waals surface area contributed by atoms with Crippen molar-refractivity contribution in [2.75, 3.05) is 10.6 Å². The second kappa shape index (κ2) is 6.15. The van der Waals surface area contributed by atoms with E-state index >= 15 is 0 Å². The van der Waals surface area contributed by atoms with Gasteiger partial charge in [0.05, 0.1) is 0 Å². The molecule has 0 atom stereocenters. The number of halogens is 3. The fourth-order valence-electron chi connectivity index (χ4n) is 1.59. The maximum atomic E-state index is 13.0. The standard InChI is InChI=1S/C14H11ClF2N2S/c1-8-2-3-11(7-13(8)15)18-14(20)19-12-5-9(16)4-10(17)6-12/h2-7H,1H3,(H2,18,19,20). The minimum Gasteiger partial charge on any atom is -0.332 e. The van der Waals surface area contributed by atoms with Gasteiger partial charge in [-0.05, 0) is 49.0 Å². The van der Waals surface area contributed by atoms with Crippen molar-refractivity contribution in [2.24, 2.45) is 0 Å². The fraction of sp³-hybridized carbons (Fsp3) is 0.0714. The molecule has 2 aromatic rings. The Bertz CT molecular complexity index is 641. The van der Waals surface area contributed by atoms with E-state index in [9.17, 15) is 8.78 Å². The summed E-state index contributed by atoms with van der Waals surface area (Å²) < 4.78 is 26.1. The second-order valence-corrected chi connectivity index (χ2v) is 5.02. The molecule has 0 bridgehead atoms. The minimum atomic E-state index is -0.673. The predicted octanol–water partition coefficient (Wildman–Crippen LogP) is 4.74. The average Bonchev–Trinajstić information content (AvgIpc) is 2.32. The van der Waals surface area contributed by atoms with Crippen LogP contribution in [0.5, 0.6) is 0 Å². The SMILES string of the molecule is Cc1ccc(NC(=S)Nc2cc(F)cc(F)c2)cc1Cl. The van der Waals surface area contributed by atoms with Gasteiger partial charge in [-0.1, -0.05) is 17.7 Å². The Morgan fingerprint density at radius 3 is 2.20 bits per heavy atom. The van der Waals surface area contributed by atoms with Crippen molar-refractivity contribution in [1.29, 1.82) is 0 Å². The zero-order chi connectivity index (χ0) is 14.7. The van der Waals surface area contributed by atoms with Crippen LogP contribution >= 0.6 is 23.8 Å². The average molecular weight is 313 g/mol. The maximum absolute atomic E-state index is 13.0. The molecule has 0 aliphatic heterocycles. The molecule has 0 aliphatic rings. The molecule has 2 aromatic carbocycles. The van der Waals surface area contributed by atoms with Gasteiger partial charge >= 0.3 is 0 Å². The van der Waals surface area contributed by atoms with Gasteiger partial charge < -0.3 is 10.6 Å². The van der Waals surface area contributed by atoms with Crippen molar-refractivity contribution < 1.29 is 8.78 Å². The van der Waals surface area contributed by atoms with Crippen LogP contribution in [0.3, 0.4) is 0 Å². The molecule has 0 radical (unpaired) electrons. The highest BCUT2D eigenvalue weighted by Gasteiger charge is 2.04. The monoisotopic (exact) mass is 312 g/mol. The van der Waals surface area contributed by atoms with Gasteiger partial charge in [0.2, 0.25) is 0 Å². The quantitative estimate of drug-likeness (QED) is 0.784. The number of hydrogen-bond acceptors (Lipinski definition) is 1. The summed E-state index contributed by atoms with van der Waals surface area (Å²) in [7, 11) is 0. The highest BCUT2D eigenvalue weighted by Crippen LogP contribution is 2.20. The molecule has 0 amide bonds. The molecule has 20 heavy (non-hydrogen) atoms. The van der Waals surface area contributed by atoms with Crippen molar-refractivity contribution in [3.05, 3.63) is 58.6 Å². The largest absolute Gasteiger partial charge is 0.332 e.